The van der Waals surface area contributed by atoms with E-state index in [4.69, 9.17) is 0 Å². The minimum Gasteiger partial charge on any atom is -0.376 e. The molecule has 2 aromatic carbocycles. The maximum atomic E-state index is 12.5. The topological polar surface area (TPSA) is 32.3 Å². The van der Waals surface area contributed by atoms with E-state index < -0.39 is 0 Å². The molecule has 22 heavy (non-hydrogen) atoms. The molecule has 2 aromatic rings. The zero-order chi connectivity index (χ0) is 15.9. The van der Waals surface area contributed by atoms with E-state index in [1.165, 1.54) is 5.56 Å². The fourth-order valence-corrected chi connectivity index (χ4v) is 2.54. The van der Waals surface area contributed by atoms with E-state index in [9.17, 15) is 4.79 Å². The minimum atomic E-state index is 0.0762. The molecule has 0 saturated carbocycles. The summed E-state index contributed by atoms with van der Waals surface area (Å²) < 4.78 is 0. The van der Waals surface area contributed by atoms with Crippen molar-refractivity contribution in [3.8, 4) is 0 Å². The molecule has 0 aromatic heterocycles. The lowest BCUT2D eigenvalue weighted by atomic mass is 10.0. The van der Waals surface area contributed by atoms with Gasteiger partial charge in [0.1, 0.15) is 0 Å². The molecule has 0 radical (unpaired) electrons. The highest BCUT2D eigenvalue weighted by Crippen LogP contribution is 2.23. The molecule has 1 amide bonds. The van der Waals surface area contributed by atoms with Gasteiger partial charge in [-0.3, -0.25) is 4.79 Å². The molecule has 0 atom stereocenters. The third-order valence-corrected chi connectivity index (χ3v) is 3.70. The van der Waals surface area contributed by atoms with Crippen molar-refractivity contribution in [3.63, 3.8) is 0 Å². The van der Waals surface area contributed by atoms with Crippen LogP contribution in [0.3, 0.4) is 0 Å². The summed E-state index contributed by atoms with van der Waals surface area (Å²) in [5.41, 5.74) is 3.21. The number of hydrogen-bond acceptors (Lipinski definition) is 2. The molecule has 0 aliphatic carbocycles. The summed E-state index contributed by atoms with van der Waals surface area (Å²) in [5, 5.41) is 3.29. The highest BCUT2D eigenvalue weighted by atomic mass is 16.2. The number of likely N-dealkylation sites (N-methyl/N-ethyl adjacent to an activating group) is 1. The van der Waals surface area contributed by atoms with E-state index in [-0.39, 0.29) is 5.91 Å². The molecular formula is C19H24N2O. The molecule has 0 aliphatic rings. The molecule has 0 heterocycles. The van der Waals surface area contributed by atoms with Gasteiger partial charge < -0.3 is 10.2 Å². The Bertz CT molecular complexity index is 608. The van der Waals surface area contributed by atoms with Crippen molar-refractivity contribution in [1.29, 1.82) is 0 Å². The summed E-state index contributed by atoms with van der Waals surface area (Å²) in [6.07, 6.45) is 0. The third kappa shape index (κ3) is 3.88. The van der Waals surface area contributed by atoms with Gasteiger partial charge in [-0.2, -0.15) is 0 Å². The Morgan fingerprint density at radius 1 is 1.05 bits per heavy atom. The number of carbonyl (C=O) groups excluding carboxylic acids is 1. The van der Waals surface area contributed by atoms with E-state index in [2.05, 4.69) is 25.2 Å². The summed E-state index contributed by atoms with van der Waals surface area (Å²) in [5.74, 6) is 0.502. The summed E-state index contributed by atoms with van der Waals surface area (Å²) >= 11 is 0. The van der Waals surface area contributed by atoms with Gasteiger partial charge >= 0.3 is 0 Å². The predicted molar refractivity (Wildman–Crippen MR) is 93.5 cm³/mol. The average molecular weight is 296 g/mol. The van der Waals surface area contributed by atoms with Crippen LogP contribution in [-0.2, 0) is 4.79 Å². The van der Waals surface area contributed by atoms with E-state index in [0.717, 1.165) is 11.4 Å². The Hall–Kier alpha value is -2.29. The summed E-state index contributed by atoms with van der Waals surface area (Å²) in [6.45, 7) is 7.27. The van der Waals surface area contributed by atoms with Crippen molar-refractivity contribution in [2.24, 2.45) is 0 Å². The number of nitrogens with one attached hydrogen (secondary N) is 1. The lowest BCUT2D eigenvalue weighted by molar-refractivity contribution is -0.116. The Labute approximate surface area is 133 Å². The first-order valence-electron chi connectivity index (χ1n) is 7.81. The van der Waals surface area contributed by atoms with Crippen molar-refractivity contribution < 1.29 is 4.79 Å². The van der Waals surface area contributed by atoms with Crippen molar-refractivity contribution in [2.75, 3.05) is 23.3 Å². The first-order valence-corrected chi connectivity index (χ1v) is 7.81. The summed E-state index contributed by atoms with van der Waals surface area (Å²) in [4.78, 5) is 14.3. The van der Waals surface area contributed by atoms with Crippen LogP contribution in [0, 0.1) is 0 Å². The molecule has 3 nitrogen and oxygen atoms in total. The van der Waals surface area contributed by atoms with Crippen molar-refractivity contribution in [2.45, 2.75) is 26.7 Å². The van der Waals surface area contributed by atoms with E-state index in [1.807, 2.05) is 55.5 Å². The number of anilines is 2. The minimum absolute atomic E-state index is 0.0762. The molecule has 2 rings (SSSR count). The Morgan fingerprint density at radius 2 is 1.68 bits per heavy atom. The number of carbonyl (C=O) groups is 1. The lowest BCUT2D eigenvalue weighted by Gasteiger charge is -2.22. The van der Waals surface area contributed by atoms with Gasteiger partial charge in [0.15, 0.2) is 0 Å². The maximum absolute atomic E-state index is 12.5. The quantitative estimate of drug-likeness (QED) is 0.863. The number of para-hydroxylation sites is 2. The van der Waals surface area contributed by atoms with Crippen LogP contribution >= 0.6 is 0 Å². The molecule has 0 aliphatic heterocycles. The second kappa shape index (κ2) is 7.64. The monoisotopic (exact) mass is 296 g/mol. The van der Waals surface area contributed by atoms with Gasteiger partial charge in [-0.05, 0) is 36.6 Å². The maximum Gasteiger partial charge on any atom is 0.246 e. The molecule has 0 spiro atoms. The molecule has 0 saturated heterocycles. The molecule has 1 N–H and O–H groups in total. The van der Waals surface area contributed by atoms with Crippen molar-refractivity contribution >= 4 is 17.3 Å². The number of hydrogen-bond donors (Lipinski definition) is 1. The van der Waals surface area contributed by atoms with Crippen LogP contribution in [-0.4, -0.2) is 19.0 Å². The molecule has 0 fully saturated rings. The SMILES string of the molecule is CCN(C(=O)CNc1ccccc1C(C)C)c1ccccc1. The average Bonchev–Trinajstić information content (AvgIpc) is 2.55. The highest BCUT2D eigenvalue weighted by Gasteiger charge is 2.14. The molecular weight excluding hydrogens is 272 g/mol. The number of rotatable bonds is 6. The van der Waals surface area contributed by atoms with E-state index in [1.54, 1.807) is 4.90 Å². The fraction of sp³-hybridized carbons (Fsp3) is 0.316. The molecule has 0 bridgehead atoms. The first-order chi connectivity index (χ1) is 10.6. The number of nitrogens with zero attached hydrogens (tertiary/aromatic N) is 1. The molecule has 3 heteroatoms. The standard InChI is InChI=1S/C19H24N2O/c1-4-21(16-10-6-5-7-11-16)19(22)14-20-18-13-9-8-12-17(18)15(2)3/h5-13,15,20H,4,14H2,1-3H3. The fourth-order valence-electron chi connectivity index (χ4n) is 2.54. The summed E-state index contributed by atoms with van der Waals surface area (Å²) in [7, 11) is 0. The van der Waals surface area contributed by atoms with Gasteiger partial charge in [0.25, 0.3) is 0 Å². The third-order valence-electron chi connectivity index (χ3n) is 3.70. The van der Waals surface area contributed by atoms with E-state index in [0.29, 0.717) is 19.0 Å². The Kier molecular flexibility index (Phi) is 5.59. The van der Waals surface area contributed by atoms with Crippen LogP contribution in [0.1, 0.15) is 32.3 Å². The van der Waals surface area contributed by atoms with Gasteiger partial charge in [-0.1, -0.05) is 50.2 Å². The van der Waals surface area contributed by atoms with Crippen molar-refractivity contribution in [3.05, 3.63) is 60.2 Å². The number of amides is 1. The molecule has 116 valence electrons. The van der Waals surface area contributed by atoms with Crippen LogP contribution in [0.15, 0.2) is 54.6 Å². The number of benzene rings is 2. The van der Waals surface area contributed by atoms with Gasteiger partial charge in [-0.25, -0.2) is 0 Å². The predicted octanol–water partition coefficient (Wildman–Crippen LogP) is 4.28. The van der Waals surface area contributed by atoms with Crippen LogP contribution in [0.5, 0.6) is 0 Å². The van der Waals surface area contributed by atoms with Gasteiger partial charge in [0.05, 0.1) is 6.54 Å². The van der Waals surface area contributed by atoms with Crippen LogP contribution in [0.25, 0.3) is 0 Å². The van der Waals surface area contributed by atoms with Crippen molar-refractivity contribution in [1.82, 2.24) is 0 Å². The smallest absolute Gasteiger partial charge is 0.246 e. The molecule has 0 unspecified atom stereocenters. The van der Waals surface area contributed by atoms with Gasteiger partial charge in [0, 0.05) is 17.9 Å². The van der Waals surface area contributed by atoms with Crippen LogP contribution in [0.2, 0.25) is 0 Å². The Morgan fingerprint density at radius 3 is 2.32 bits per heavy atom. The van der Waals surface area contributed by atoms with Gasteiger partial charge in [-0.15, -0.1) is 0 Å². The van der Waals surface area contributed by atoms with E-state index >= 15 is 0 Å². The van der Waals surface area contributed by atoms with Crippen LogP contribution < -0.4 is 10.2 Å². The second-order valence-electron chi connectivity index (χ2n) is 5.57. The first kappa shape index (κ1) is 16.1. The zero-order valence-corrected chi connectivity index (χ0v) is 13.5. The van der Waals surface area contributed by atoms with Crippen LogP contribution in [0.4, 0.5) is 11.4 Å². The zero-order valence-electron chi connectivity index (χ0n) is 13.5. The van der Waals surface area contributed by atoms with Gasteiger partial charge in [0.2, 0.25) is 5.91 Å². The normalized spacial score (nSPS) is 10.5. The Balaban J connectivity index is 2.06. The summed E-state index contributed by atoms with van der Waals surface area (Å²) in [6, 6.07) is 17.9. The second-order valence-corrected chi connectivity index (χ2v) is 5.57. The largest absolute Gasteiger partial charge is 0.376 e. The highest BCUT2D eigenvalue weighted by molar-refractivity contribution is 5.96. The lowest BCUT2D eigenvalue weighted by Crippen LogP contribution is -2.35.